The molecule has 3 N–H and O–H groups in total. The van der Waals surface area contributed by atoms with Crippen molar-refractivity contribution in [3.63, 3.8) is 0 Å². The fourth-order valence-corrected chi connectivity index (χ4v) is 2.65. The van der Waals surface area contributed by atoms with Crippen LogP contribution in [0.25, 0.3) is 0 Å². The lowest BCUT2D eigenvalue weighted by molar-refractivity contribution is 0.294. The largest absolute Gasteiger partial charge is 0.389 e. The van der Waals surface area contributed by atoms with E-state index in [9.17, 15) is 0 Å². The van der Waals surface area contributed by atoms with Crippen molar-refractivity contribution in [1.82, 2.24) is 4.90 Å². The van der Waals surface area contributed by atoms with Crippen molar-refractivity contribution in [3.05, 3.63) is 29.8 Å². The van der Waals surface area contributed by atoms with Gasteiger partial charge in [0.05, 0.1) is 0 Å². The van der Waals surface area contributed by atoms with E-state index in [0.29, 0.717) is 10.9 Å². The van der Waals surface area contributed by atoms with Gasteiger partial charge in [0.15, 0.2) is 0 Å². The molecule has 1 heterocycles. The van der Waals surface area contributed by atoms with Gasteiger partial charge < -0.3 is 16.0 Å². The zero-order valence-electron chi connectivity index (χ0n) is 11.6. The van der Waals surface area contributed by atoms with Gasteiger partial charge in [-0.25, -0.2) is 0 Å². The van der Waals surface area contributed by atoms with Gasteiger partial charge in [-0.2, -0.15) is 0 Å². The Bertz CT molecular complexity index is 410. The second-order valence-electron chi connectivity index (χ2n) is 5.44. The van der Waals surface area contributed by atoms with Crippen LogP contribution in [0, 0.1) is 5.92 Å². The summed E-state index contributed by atoms with van der Waals surface area (Å²) in [6, 6.07) is 8.01. The van der Waals surface area contributed by atoms with Crippen LogP contribution in [0.1, 0.15) is 25.3 Å². The zero-order chi connectivity index (χ0) is 13.7. The van der Waals surface area contributed by atoms with E-state index in [-0.39, 0.29) is 0 Å². The van der Waals surface area contributed by atoms with Gasteiger partial charge in [0.2, 0.25) is 0 Å². The first kappa shape index (κ1) is 14.3. The summed E-state index contributed by atoms with van der Waals surface area (Å²) in [5.41, 5.74) is 7.64. The van der Waals surface area contributed by atoms with Gasteiger partial charge in [-0.1, -0.05) is 19.1 Å². The van der Waals surface area contributed by atoms with E-state index < -0.39 is 0 Å². The normalized spacial score (nSPS) is 17.3. The van der Waals surface area contributed by atoms with E-state index in [2.05, 4.69) is 17.1 Å². The minimum atomic E-state index is 0.453. The fraction of sp³-hybridized carbons (Fsp3) is 0.533. The third kappa shape index (κ3) is 4.48. The van der Waals surface area contributed by atoms with Crippen LogP contribution in [0.2, 0.25) is 0 Å². The van der Waals surface area contributed by atoms with Gasteiger partial charge in [-0.3, -0.25) is 0 Å². The lowest BCUT2D eigenvalue weighted by Gasteiger charge is -2.20. The molecular weight excluding hydrogens is 254 g/mol. The van der Waals surface area contributed by atoms with Crippen molar-refractivity contribution in [3.8, 4) is 0 Å². The van der Waals surface area contributed by atoms with Crippen molar-refractivity contribution in [2.45, 2.75) is 19.8 Å². The number of hydrogen-bond donors (Lipinski definition) is 2. The minimum absolute atomic E-state index is 0.453. The molecule has 1 saturated heterocycles. The molecule has 1 atom stereocenters. The van der Waals surface area contributed by atoms with E-state index in [1.165, 1.54) is 32.5 Å². The molecule has 0 aromatic heterocycles. The average Bonchev–Trinajstić information content (AvgIpc) is 2.89. The molecule has 1 fully saturated rings. The predicted octanol–water partition coefficient (Wildman–Crippen LogP) is 2.46. The van der Waals surface area contributed by atoms with Crippen molar-refractivity contribution >= 4 is 22.9 Å². The number of nitrogens with zero attached hydrogens (tertiary/aromatic N) is 1. The maximum absolute atomic E-state index is 5.58. The molecule has 19 heavy (non-hydrogen) atoms. The number of nitrogens with two attached hydrogens (primary N) is 1. The highest BCUT2D eigenvalue weighted by atomic mass is 32.1. The number of thiocarbonyl (C=S) groups is 1. The monoisotopic (exact) mass is 277 g/mol. The molecule has 0 saturated carbocycles. The number of nitrogens with one attached hydrogen (secondary N) is 1. The van der Waals surface area contributed by atoms with Gasteiger partial charge in [0.1, 0.15) is 4.99 Å². The molecule has 0 radical (unpaired) electrons. The van der Waals surface area contributed by atoms with Gasteiger partial charge in [0, 0.05) is 24.3 Å². The number of hydrogen-bond acceptors (Lipinski definition) is 3. The minimum Gasteiger partial charge on any atom is -0.389 e. The molecule has 104 valence electrons. The molecule has 3 nitrogen and oxygen atoms in total. The predicted molar refractivity (Wildman–Crippen MR) is 85.7 cm³/mol. The first-order valence-electron chi connectivity index (χ1n) is 7.01. The summed E-state index contributed by atoms with van der Waals surface area (Å²) in [5.74, 6) is 0.661. The summed E-state index contributed by atoms with van der Waals surface area (Å²) < 4.78 is 0. The van der Waals surface area contributed by atoms with Crippen molar-refractivity contribution < 1.29 is 0 Å². The first-order valence-corrected chi connectivity index (χ1v) is 7.42. The molecule has 1 aromatic rings. The maximum atomic E-state index is 5.58. The SMILES string of the molecule is CC(CNc1ccc(C(N)=S)cc1)CN1CCCC1. The van der Waals surface area contributed by atoms with Crippen molar-refractivity contribution in [2.24, 2.45) is 11.7 Å². The number of anilines is 1. The summed E-state index contributed by atoms with van der Waals surface area (Å²) >= 11 is 4.94. The second-order valence-corrected chi connectivity index (χ2v) is 5.88. The lowest BCUT2D eigenvalue weighted by atomic mass is 10.1. The van der Waals surface area contributed by atoms with Crippen molar-refractivity contribution in [1.29, 1.82) is 0 Å². The average molecular weight is 277 g/mol. The van der Waals surface area contributed by atoms with E-state index in [0.717, 1.165) is 17.8 Å². The smallest absolute Gasteiger partial charge is 0.103 e. The number of rotatable bonds is 6. The van der Waals surface area contributed by atoms with Crippen LogP contribution in [-0.4, -0.2) is 36.1 Å². The first-order chi connectivity index (χ1) is 9.15. The van der Waals surface area contributed by atoms with E-state index in [1.54, 1.807) is 0 Å². The molecule has 2 rings (SSSR count). The summed E-state index contributed by atoms with van der Waals surface area (Å²) in [6.07, 6.45) is 2.72. The zero-order valence-corrected chi connectivity index (χ0v) is 12.4. The topological polar surface area (TPSA) is 41.3 Å². The van der Waals surface area contributed by atoms with Crippen LogP contribution >= 0.6 is 12.2 Å². The Balaban J connectivity index is 1.76. The summed E-state index contributed by atoms with van der Waals surface area (Å²) in [6.45, 7) is 7.04. The third-order valence-corrected chi connectivity index (χ3v) is 3.83. The van der Waals surface area contributed by atoms with Gasteiger partial charge >= 0.3 is 0 Å². The van der Waals surface area contributed by atoms with E-state index >= 15 is 0 Å². The molecule has 0 spiro atoms. The Kier molecular flexibility index (Phi) is 5.16. The molecule has 1 aliphatic heterocycles. The highest BCUT2D eigenvalue weighted by Crippen LogP contribution is 2.13. The molecule has 1 unspecified atom stereocenters. The molecule has 0 aliphatic carbocycles. The molecule has 0 amide bonds. The Morgan fingerprint density at radius 1 is 1.32 bits per heavy atom. The Morgan fingerprint density at radius 3 is 2.53 bits per heavy atom. The molecular formula is C15H23N3S. The van der Waals surface area contributed by atoms with Crippen molar-refractivity contribution in [2.75, 3.05) is 31.5 Å². The van der Waals surface area contributed by atoms with E-state index in [1.807, 2.05) is 24.3 Å². The van der Waals surface area contributed by atoms with Crippen LogP contribution in [0.5, 0.6) is 0 Å². The summed E-state index contributed by atoms with van der Waals surface area (Å²) in [7, 11) is 0. The van der Waals surface area contributed by atoms with Crippen LogP contribution in [0.3, 0.4) is 0 Å². The van der Waals surface area contributed by atoms with E-state index in [4.69, 9.17) is 18.0 Å². The molecule has 1 aliphatic rings. The van der Waals surface area contributed by atoms with Crippen LogP contribution in [-0.2, 0) is 0 Å². The van der Waals surface area contributed by atoms with Gasteiger partial charge in [-0.15, -0.1) is 0 Å². The fourth-order valence-electron chi connectivity index (χ4n) is 2.51. The molecule has 4 heteroatoms. The molecule has 1 aromatic carbocycles. The van der Waals surface area contributed by atoms with Crippen LogP contribution < -0.4 is 11.1 Å². The summed E-state index contributed by atoms with van der Waals surface area (Å²) in [5, 5.41) is 3.47. The van der Waals surface area contributed by atoms with Gasteiger partial charge in [-0.05, 0) is 56.1 Å². The highest BCUT2D eigenvalue weighted by Gasteiger charge is 2.14. The standard InChI is InChI=1S/C15H23N3S/c1-12(11-18-8-2-3-9-18)10-17-14-6-4-13(5-7-14)15(16)19/h4-7,12,17H,2-3,8-11H2,1H3,(H2,16,19). The Labute approximate surface area is 121 Å². The van der Waals surface area contributed by atoms with Crippen LogP contribution in [0.4, 0.5) is 5.69 Å². The Hall–Kier alpha value is -1.13. The maximum Gasteiger partial charge on any atom is 0.103 e. The second kappa shape index (κ2) is 6.87. The van der Waals surface area contributed by atoms with Gasteiger partial charge in [0.25, 0.3) is 0 Å². The number of likely N-dealkylation sites (tertiary alicyclic amines) is 1. The highest BCUT2D eigenvalue weighted by molar-refractivity contribution is 7.80. The molecule has 0 bridgehead atoms. The quantitative estimate of drug-likeness (QED) is 0.784. The number of benzene rings is 1. The Morgan fingerprint density at radius 2 is 1.95 bits per heavy atom. The summed E-state index contributed by atoms with van der Waals surface area (Å²) in [4.78, 5) is 3.01. The van der Waals surface area contributed by atoms with Crippen LogP contribution in [0.15, 0.2) is 24.3 Å². The third-order valence-electron chi connectivity index (χ3n) is 3.59. The lowest BCUT2D eigenvalue weighted by Crippen LogP contribution is -2.28.